The predicted octanol–water partition coefficient (Wildman–Crippen LogP) is 3.46. The number of anilines is 1. The lowest BCUT2D eigenvalue weighted by atomic mass is 9.98. The molecule has 8 nitrogen and oxygen atoms in total. The Hall–Kier alpha value is -2.87. The lowest BCUT2D eigenvalue weighted by Gasteiger charge is -2.33. The number of hydrogen-bond donors (Lipinski definition) is 1. The Morgan fingerprint density at radius 2 is 2.07 bits per heavy atom. The molecule has 3 rings (SSSR count). The van der Waals surface area contributed by atoms with E-state index in [9.17, 15) is 14.9 Å². The SMILES string of the molecule is CC1CCN(c2ccc([N+](=O)[O-])cc2C(=O)NCC(c2ccco2)N(C)C)CC1. The van der Waals surface area contributed by atoms with E-state index in [-0.39, 0.29) is 17.6 Å². The van der Waals surface area contributed by atoms with Crippen molar-refractivity contribution in [1.29, 1.82) is 0 Å². The van der Waals surface area contributed by atoms with Crippen molar-refractivity contribution >= 4 is 17.3 Å². The van der Waals surface area contributed by atoms with Gasteiger partial charge in [-0.15, -0.1) is 0 Å². The van der Waals surface area contributed by atoms with E-state index in [1.807, 2.05) is 31.1 Å². The van der Waals surface area contributed by atoms with E-state index in [1.165, 1.54) is 12.1 Å². The van der Waals surface area contributed by atoms with Crippen LogP contribution in [0.25, 0.3) is 0 Å². The lowest BCUT2D eigenvalue weighted by Crippen LogP contribution is -2.37. The second kappa shape index (κ2) is 9.09. The molecule has 1 unspecified atom stereocenters. The third-order valence-corrected chi connectivity index (χ3v) is 5.51. The van der Waals surface area contributed by atoms with Crippen LogP contribution < -0.4 is 10.2 Å². The highest BCUT2D eigenvalue weighted by molar-refractivity contribution is 6.00. The van der Waals surface area contributed by atoms with Crippen molar-refractivity contribution in [2.75, 3.05) is 38.6 Å². The number of carbonyl (C=O) groups is 1. The summed E-state index contributed by atoms with van der Waals surface area (Å²) < 4.78 is 5.48. The van der Waals surface area contributed by atoms with E-state index in [4.69, 9.17) is 4.42 Å². The summed E-state index contributed by atoms with van der Waals surface area (Å²) in [7, 11) is 3.82. The van der Waals surface area contributed by atoms with Gasteiger partial charge in [0.2, 0.25) is 0 Å². The molecule has 1 amide bonds. The van der Waals surface area contributed by atoms with Crippen LogP contribution in [0.5, 0.6) is 0 Å². The van der Waals surface area contributed by atoms with Crippen LogP contribution in [0.2, 0.25) is 0 Å². The number of rotatable bonds is 7. The van der Waals surface area contributed by atoms with Crippen molar-refractivity contribution in [3.8, 4) is 0 Å². The highest BCUT2D eigenvalue weighted by Gasteiger charge is 2.25. The smallest absolute Gasteiger partial charge is 0.270 e. The molecule has 1 aromatic carbocycles. The molecule has 0 saturated carbocycles. The van der Waals surface area contributed by atoms with Gasteiger partial charge >= 0.3 is 0 Å². The first-order valence-corrected chi connectivity index (χ1v) is 9.88. The number of hydrogen-bond acceptors (Lipinski definition) is 6. The van der Waals surface area contributed by atoms with Gasteiger partial charge in [0, 0.05) is 31.8 Å². The second-order valence-electron chi connectivity index (χ2n) is 7.83. The predicted molar refractivity (Wildman–Crippen MR) is 111 cm³/mol. The van der Waals surface area contributed by atoms with Gasteiger partial charge in [-0.25, -0.2) is 0 Å². The summed E-state index contributed by atoms with van der Waals surface area (Å²) in [6, 6.07) is 8.08. The molecule has 1 fully saturated rings. The zero-order chi connectivity index (χ0) is 21.0. The highest BCUT2D eigenvalue weighted by Crippen LogP contribution is 2.29. The molecule has 1 aromatic heterocycles. The summed E-state index contributed by atoms with van der Waals surface area (Å²) >= 11 is 0. The number of carbonyl (C=O) groups excluding carboxylic acids is 1. The van der Waals surface area contributed by atoms with Crippen LogP contribution in [0.3, 0.4) is 0 Å². The summed E-state index contributed by atoms with van der Waals surface area (Å²) in [4.78, 5) is 27.9. The van der Waals surface area contributed by atoms with Crippen molar-refractivity contribution in [3.63, 3.8) is 0 Å². The largest absolute Gasteiger partial charge is 0.468 e. The number of nitro benzene ring substituents is 1. The Morgan fingerprint density at radius 3 is 2.66 bits per heavy atom. The van der Waals surface area contributed by atoms with E-state index in [1.54, 1.807) is 12.3 Å². The monoisotopic (exact) mass is 400 g/mol. The lowest BCUT2D eigenvalue weighted by molar-refractivity contribution is -0.384. The molecule has 29 heavy (non-hydrogen) atoms. The molecule has 1 aliphatic heterocycles. The standard InChI is InChI=1S/C21H28N4O4/c1-15-8-10-24(11-9-15)18-7-6-16(25(27)28)13-17(18)21(26)22-14-19(23(2)3)20-5-4-12-29-20/h4-7,12-13,15,19H,8-11,14H2,1-3H3,(H,22,26). The van der Waals surface area contributed by atoms with Crippen molar-refractivity contribution < 1.29 is 14.1 Å². The Labute approximate surface area is 170 Å². The maximum absolute atomic E-state index is 13.0. The molecular weight excluding hydrogens is 372 g/mol. The Morgan fingerprint density at radius 1 is 1.34 bits per heavy atom. The first-order valence-electron chi connectivity index (χ1n) is 9.88. The molecule has 0 radical (unpaired) electrons. The minimum atomic E-state index is -0.468. The fourth-order valence-electron chi connectivity index (χ4n) is 3.65. The minimum Gasteiger partial charge on any atom is -0.468 e. The molecule has 1 saturated heterocycles. The Kier molecular flexibility index (Phi) is 6.53. The fraction of sp³-hybridized carbons (Fsp3) is 0.476. The van der Waals surface area contributed by atoms with Gasteiger partial charge in [-0.2, -0.15) is 0 Å². The van der Waals surface area contributed by atoms with Crippen LogP contribution in [-0.2, 0) is 0 Å². The number of non-ortho nitro benzene ring substituents is 1. The summed E-state index contributed by atoms with van der Waals surface area (Å²) in [6.07, 6.45) is 3.68. The first kappa shape index (κ1) is 20.9. The highest BCUT2D eigenvalue weighted by atomic mass is 16.6. The molecular formula is C21H28N4O4. The van der Waals surface area contributed by atoms with Crippen LogP contribution in [0.15, 0.2) is 41.0 Å². The van der Waals surface area contributed by atoms with Crippen molar-refractivity contribution in [2.24, 2.45) is 5.92 Å². The van der Waals surface area contributed by atoms with E-state index >= 15 is 0 Å². The topological polar surface area (TPSA) is 91.9 Å². The number of nitrogens with one attached hydrogen (secondary N) is 1. The Balaban J connectivity index is 1.82. The third-order valence-electron chi connectivity index (χ3n) is 5.51. The number of benzene rings is 1. The van der Waals surface area contributed by atoms with Crippen LogP contribution in [-0.4, -0.2) is 49.5 Å². The van der Waals surface area contributed by atoms with Gasteiger partial charge in [-0.1, -0.05) is 6.92 Å². The number of nitrogens with zero attached hydrogens (tertiary/aromatic N) is 3. The average molecular weight is 400 g/mol. The van der Waals surface area contributed by atoms with E-state index in [2.05, 4.69) is 17.1 Å². The van der Waals surface area contributed by atoms with Crippen molar-refractivity contribution in [2.45, 2.75) is 25.8 Å². The van der Waals surface area contributed by atoms with Gasteiger partial charge in [0.25, 0.3) is 11.6 Å². The molecule has 2 aromatic rings. The van der Waals surface area contributed by atoms with E-state index < -0.39 is 4.92 Å². The number of nitro groups is 1. The van der Waals surface area contributed by atoms with Crippen molar-refractivity contribution in [1.82, 2.24) is 10.2 Å². The first-order chi connectivity index (χ1) is 13.9. The quantitative estimate of drug-likeness (QED) is 0.565. The number of furan rings is 1. The average Bonchev–Trinajstić information content (AvgIpc) is 3.22. The van der Waals surface area contributed by atoms with Gasteiger partial charge < -0.3 is 14.6 Å². The zero-order valence-corrected chi connectivity index (χ0v) is 17.1. The third kappa shape index (κ3) is 4.95. The molecule has 0 aliphatic carbocycles. The number of likely N-dealkylation sites (N-methyl/N-ethyl adjacent to an activating group) is 1. The summed E-state index contributed by atoms with van der Waals surface area (Å²) in [5.74, 6) is 1.08. The molecule has 8 heteroatoms. The van der Waals surface area contributed by atoms with Gasteiger partial charge in [0.1, 0.15) is 5.76 Å². The van der Waals surface area contributed by atoms with Gasteiger partial charge in [-0.05, 0) is 51.1 Å². The normalized spacial score (nSPS) is 16.1. The van der Waals surface area contributed by atoms with Gasteiger partial charge in [0.15, 0.2) is 0 Å². The molecule has 1 aliphatic rings. The maximum Gasteiger partial charge on any atom is 0.270 e. The Bertz CT molecular complexity index is 842. The van der Waals surface area contributed by atoms with Gasteiger partial charge in [0.05, 0.1) is 28.5 Å². The van der Waals surface area contributed by atoms with Crippen LogP contribution in [0, 0.1) is 16.0 Å². The minimum absolute atomic E-state index is 0.0838. The molecule has 0 spiro atoms. The summed E-state index contributed by atoms with van der Waals surface area (Å²) in [5.41, 5.74) is 1.00. The molecule has 0 bridgehead atoms. The molecule has 156 valence electrons. The molecule has 1 N–H and O–H groups in total. The second-order valence-corrected chi connectivity index (χ2v) is 7.83. The van der Waals surface area contributed by atoms with E-state index in [0.29, 0.717) is 18.0 Å². The summed E-state index contributed by atoms with van der Waals surface area (Å²) in [6.45, 7) is 4.23. The molecule has 2 heterocycles. The van der Waals surface area contributed by atoms with Crippen LogP contribution in [0.4, 0.5) is 11.4 Å². The van der Waals surface area contributed by atoms with E-state index in [0.717, 1.165) is 37.4 Å². The van der Waals surface area contributed by atoms with Crippen molar-refractivity contribution in [3.05, 3.63) is 58.0 Å². The van der Waals surface area contributed by atoms with Crippen LogP contribution in [0.1, 0.15) is 41.9 Å². The number of piperidine rings is 1. The summed E-state index contributed by atoms with van der Waals surface area (Å²) in [5, 5.41) is 14.2. The molecule has 1 atom stereocenters. The fourth-order valence-corrected chi connectivity index (χ4v) is 3.65. The van der Waals surface area contributed by atoms with Crippen LogP contribution >= 0.6 is 0 Å². The zero-order valence-electron chi connectivity index (χ0n) is 17.1. The number of amides is 1. The van der Waals surface area contributed by atoms with Gasteiger partial charge in [-0.3, -0.25) is 19.8 Å². The maximum atomic E-state index is 13.0.